The number of likely N-dealkylation sites (tertiary alicyclic amines) is 1. The van der Waals surface area contributed by atoms with Crippen LogP contribution in [0.4, 0.5) is 4.79 Å². The molecule has 1 aromatic carbocycles. The van der Waals surface area contributed by atoms with Gasteiger partial charge in [0.25, 0.3) is 5.89 Å². The number of rotatable bonds is 8. The van der Waals surface area contributed by atoms with E-state index in [1.54, 1.807) is 12.0 Å². The Kier molecular flexibility index (Phi) is 7.73. The van der Waals surface area contributed by atoms with Crippen LogP contribution in [0.25, 0.3) is 11.5 Å². The fourth-order valence-corrected chi connectivity index (χ4v) is 3.74. The average molecular weight is 448 g/mol. The van der Waals surface area contributed by atoms with Crippen molar-refractivity contribution in [3.63, 3.8) is 0 Å². The minimum atomic E-state index is -0.640. The van der Waals surface area contributed by atoms with Crippen molar-refractivity contribution in [2.45, 2.75) is 71.5 Å². The van der Waals surface area contributed by atoms with Crippen LogP contribution in [-0.2, 0) is 14.2 Å². The lowest BCUT2D eigenvalue weighted by atomic mass is 10.1. The summed E-state index contributed by atoms with van der Waals surface area (Å²) in [7, 11) is 1.59. The van der Waals surface area contributed by atoms with Crippen molar-refractivity contribution in [3.8, 4) is 17.2 Å². The second kappa shape index (κ2) is 10.3. The molecule has 0 saturated carbocycles. The molecule has 1 aromatic heterocycles. The average Bonchev–Trinajstić information content (AvgIpc) is 3.41. The summed E-state index contributed by atoms with van der Waals surface area (Å²) in [4.78, 5) is 19.2. The van der Waals surface area contributed by atoms with Crippen LogP contribution in [0.5, 0.6) is 5.75 Å². The van der Waals surface area contributed by atoms with Crippen LogP contribution in [-0.4, -0.2) is 59.3 Å². The first kappa shape index (κ1) is 24.0. The summed E-state index contributed by atoms with van der Waals surface area (Å²) in [6.45, 7) is 10.3. The van der Waals surface area contributed by atoms with Gasteiger partial charge in [0, 0.05) is 13.2 Å². The van der Waals surface area contributed by atoms with Gasteiger partial charge in [0.2, 0.25) is 5.82 Å². The third kappa shape index (κ3) is 5.77. The fourth-order valence-electron chi connectivity index (χ4n) is 3.74. The van der Waals surface area contributed by atoms with E-state index in [4.69, 9.17) is 23.5 Å². The molecule has 2 heterocycles. The lowest BCUT2D eigenvalue weighted by molar-refractivity contribution is -0.174. The van der Waals surface area contributed by atoms with Gasteiger partial charge < -0.3 is 28.4 Å². The molecule has 3 rings (SSSR count). The highest BCUT2D eigenvalue weighted by Crippen LogP contribution is 2.35. The molecule has 2 unspecified atom stereocenters. The highest BCUT2D eigenvalue weighted by Gasteiger charge is 2.41. The summed E-state index contributed by atoms with van der Waals surface area (Å²) in [5.74, 6) is 1.29. The van der Waals surface area contributed by atoms with Crippen LogP contribution in [0, 0.1) is 0 Å². The van der Waals surface area contributed by atoms with Gasteiger partial charge in [-0.05, 0) is 59.6 Å². The summed E-state index contributed by atoms with van der Waals surface area (Å²) in [5.41, 5.74) is 0.0864. The van der Waals surface area contributed by atoms with E-state index in [1.165, 1.54) is 0 Å². The quantitative estimate of drug-likeness (QED) is 0.542. The molecule has 0 spiro atoms. The van der Waals surface area contributed by atoms with E-state index in [2.05, 4.69) is 10.1 Å². The number of methoxy groups -OCH3 is 1. The molecule has 2 aromatic rings. The number of ether oxygens (including phenoxy) is 4. The summed E-state index contributed by atoms with van der Waals surface area (Å²) >= 11 is 0. The fraction of sp³-hybridized carbons (Fsp3) is 0.609. The number of carbonyl (C=O) groups excluding carboxylic acids is 1. The van der Waals surface area contributed by atoms with Crippen LogP contribution in [0.3, 0.4) is 0 Å². The van der Waals surface area contributed by atoms with Gasteiger partial charge in [0.05, 0.1) is 18.7 Å². The van der Waals surface area contributed by atoms with Gasteiger partial charge in [-0.2, -0.15) is 4.98 Å². The van der Waals surface area contributed by atoms with Crippen LogP contribution >= 0.6 is 0 Å². The Labute approximate surface area is 189 Å². The summed E-state index contributed by atoms with van der Waals surface area (Å²) in [6, 6.07) is 7.10. The van der Waals surface area contributed by atoms with Crippen LogP contribution in [0.1, 0.15) is 59.4 Å². The first-order valence-electron chi connectivity index (χ1n) is 11.0. The van der Waals surface area contributed by atoms with Crippen molar-refractivity contribution in [1.29, 1.82) is 0 Å². The van der Waals surface area contributed by atoms with E-state index >= 15 is 0 Å². The molecule has 1 aliphatic heterocycles. The van der Waals surface area contributed by atoms with E-state index in [0.29, 0.717) is 36.2 Å². The van der Waals surface area contributed by atoms with Gasteiger partial charge in [-0.15, -0.1) is 0 Å². The smallest absolute Gasteiger partial charge is 0.410 e. The maximum Gasteiger partial charge on any atom is 0.410 e. The molecule has 0 aliphatic carbocycles. The molecule has 0 bridgehead atoms. The number of para-hydroxylation sites is 1. The number of nitrogens with zero attached hydrogens (tertiary/aromatic N) is 3. The normalized spacial score (nSPS) is 18.4. The molecule has 1 aliphatic rings. The molecule has 1 amide bonds. The van der Waals surface area contributed by atoms with Crippen LogP contribution in [0.2, 0.25) is 0 Å². The zero-order valence-corrected chi connectivity index (χ0v) is 19.7. The molecule has 9 nitrogen and oxygen atoms in total. The predicted octanol–water partition coefficient (Wildman–Crippen LogP) is 4.58. The SMILES string of the molecule is CCOC(C)OC(c1noc(-c2ccccc2OC)n1)[C@@H]1CCCN1C(=O)OC(C)(C)C. The summed E-state index contributed by atoms with van der Waals surface area (Å²) < 4.78 is 28.4. The van der Waals surface area contributed by atoms with Crippen molar-refractivity contribution in [2.24, 2.45) is 0 Å². The van der Waals surface area contributed by atoms with Gasteiger partial charge in [-0.3, -0.25) is 0 Å². The van der Waals surface area contributed by atoms with Gasteiger partial charge in [-0.25, -0.2) is 4.79 Å². The molecule has 3 atom stereocenters. The number of hydrogen-bond acceptors (Lipinski definition) is 8. The molecule has 32 heavy (non-hydrogen) atoms. The third-order valence-corrected chi connectivity index (χ3v) is 5.05. The summed E-state index contributed by atoms with van der Waals surface area (Å²) in [6.07, 6.45) is 0.00912. The highest BCUT2D eigenvalue weighted by molar-refractivity contribution is 5.69. The number of benzene rings is 1. The van der Waals surface area contributed by atoms with E-state index in [-0.39, 0.29) is 12.1 Å². The van der Waals surface area contributed by atoms with Gasteiger partial charge in [0.15, 0.2) is 6.29 Å². The van der Waals surface area contributed by atoms with Gasteiger partial charge in [-0.1, -0.05) is 17.3 Å². The molecular weight excluding hydrogens is 414 g/mol. The Hall–Kier alpha value is -2.65. The van der Waals surface area contributed by atoms with Crippen molar-refractivity contribution < 1.29 is 28.3 Å². The van der Waals surface area contributed by atoms with Gasteiger partial charge in [0.1, 0.15) is 17.5 Å². The second-order valence-corrected chi connectivity index (χ2v) is 8.62. The van der Waals surface area contributed by atoms with E-state index in [1.807, 2.05) is 58.9 Å². The van der Waals surface area contributed by atoms with Crippen molar-refractivity contribution in [3.05, 3.63) is 30.1 Å². The van der Waals surface area contributed by atoms with Crippen molar-refractivity contribution in [2.75, 3.05) is 20.3 Å². The van der Waals surface area contributed by atoms with Crippen LogP contribution < -0.4 is 4.74 Å². The monoisotopic (exact) mass is 447 g/mol. The standard InChI is InChI=1S/C23H33N3O6/c1-7-29-15(2)30-19(17-12-10-14-26(17)22(27)31-23(3,4)5)20-24-21(32-25-20)16-11-8-9-13-18(16)28-6/h8-9,11,13,15,17,19H,7,10,12,14H2,1-6H3/t15?,17-,19?/m0/s1. The molecular formula is C23H33N3O6. The van der Waals surface area contributed by atoms with E-state index in [9.17, 15) is 4.79 Å². The third-order valence-electron chi connectivity index (χ3n) is 5.05. The van der Waals surface area contributed by atoms with Gasteiger partial charge >= 0.3 is 6.09 Å². The first-order valence-corrected chi connectivity index (χ1v) is 11.0. The zero-order chi connectivity index (χ0) is 23.3. The minimum absolute atomic E-state index is 0.309. The number of amides is 1. The van der Waals surface area contributed by atoms with Crippen LogP contribution in [0.15, 0.2) is 28.8 Å². The topological polar surface area (TPSA) is 96.1 Å². The number of hydrogen-bond donors (Lipinski definition) is 0. The van der Waals surface area contributed by atoms with E-state index < -0.39 is 18.0 Å². The Bertz CT molecular complexity index is 894. The molecule has 1 saturated heterocycles. The Morgan fingerprint density at radius 2 is 2.06 bits per heavy atom. The van der Waals surface area contributed by atoms with Crippen molar-refractivity contribution >= 4 is 6.09 Å². The number of aromatic nitrogens is 2. The van der Waals surface area contributed by atoms with E-state index in [0.717, 1.165) is 12.8 Å². The Morgan fingerprint density at radius 1 is 1.31 bits per heavy atom. The lowest BCUT2D eigenvalue weighted by Gasteiger charge is -2.32. The zero-order valence-electron chi connectivity index (χ0n) is 19.7. The Morgan fingerprint density at radius 3 is 2.75 bits per heavy atom. The Balaban J connectivity index is 1.91. The number of carbonyl (C=O) groups is 1. The molecule has 1 fully saturated rings. The first-order chi connectivity index (χ1) is 15.2. The van der Waals surface area contributed by atoms with Crippen molar-refractivity contribution in [1.82, 2.24) is 15.0 Å². The summed E-state index contributed by atoms with van der Waals surface area (Å²) in [5, 5.41) is 4.19. The largest absolute Gasteiger partial charge is 0.496 e. The molecule has 176 valence electrons. The maximum absolute atomic E-state index is 12.9. The maximum atomic E-state index is 12.9. The molecule has 9 heteroatoms. The lowest BCUT2D eigenvalue weighted by Crippen LogP contribution is -2.44. The molecule has 0 radical (unpaired) electrons. The second-order valence-electron chi connectivity index (χ2n) is 8.62. The minimum Gasteiger partial charge on any atom is -0.496 e. The molecule has 0 N–H and O–H groups in total. The predicted molar refractivity (Wildman–Crippen MR) is 117 cm³/mol. The highest BCUT2D eigenvalue weighted by atomic mass is 16.7.